The summed E-state index contributed by atoms with van der Waals surface area (Å²) in [6, 6.07) is 3.03. The number of aromatic nitrogens is 3. The Hall–Kier alpha value is -2.70. The van der Waals surface area contributed by atoms with Crippen molar-refractivity contribution in [1.29, 1.82) is 0 Å². The fourth-order valence-electron chi connectivity index (χ4n) is 2.71. The van der Waals surface area contributed by atoms with Gasteiger partial charge < -0.3 is 14.6 Å². The number of nitrogens with one attached hydrogen (secondary N) is 1. The maximum absolute atomic E-state index is 13.8. The first kappa shape index (κ1) is 16.2. The molecule has 3 aromatic rings. The predicted octanol–water partition coefficient (Wildman–Crippen LogP) is 3.43. The molecule has 2 aromatic heterocycles. The summed E-state index contributed by atoms with van der Waals surface area (Å²) in [6.45, 7) is 5.86. The SMILES string of the molecule is COc1cc2c(NC(C)Cc3c(C)noc3C)ncnc2cc1F. The molecule has 0 saturated heterocycles. The van der Waals surface area contributed by atoms with Gasteiger partial charge in [0.15, 0.2) is 11.6 Å². The highest BCUT2D eigenvalue weighted by molar-refractivity contribution is 5.90. The molecule has 1 aromatic carbocycles. The molecule has 0 aliphatic heterocycles. The van der Waals surface area contributed by atoms with Gasteiger partial charge in [-0.1, -0.05) is 5.16 Å². The largest absolute Gasteiger partial charge is 0.494 e. The molecule has 0 amide bonds. The topological polar surface area (TPSA) is 73.1 Å². The van der Waals surface area contributed by atoms with Gasteiger partial charge in [0.25, 0.3) is 0 Å². The van der Waals surface area contributed by atoms with Crippen LogP contribution < -0.4 is 10.1 Å². The van der Waals surface area contributed by atoms with E-state index >= 15 is 0 Å². The van der Waals surface area contributed by atoms with E-state index < -0.39 is 5.82 Å². The van der Waals surface area contributed by atoms with E-state index in [1.165, 1.54) is 19.5 Å². The van der Waals surface area contributed by atoms with E-state index in [0.717, 1.165) is 23.4 Å². The lowest BCUT2D eigenvalue weighted by Crippen LogP contribution is -2.19. The quantitative estimate of drug-likeness (QED) is 0.773. The van der Waals surface area contributed by atoms with Crippen molar-refractivity contribution in [3.05, 3.63) is 41.3 Å². The third-order valence-electron chi connectivity index (χ3n) is 3.98. The number of ether oxygens (including phenoxy) is 1. The van der Waals surface area contributed by atoms with Crippen molar-refractivity contribution in [2.24, 2.45) is 0 Å². The molecule has 0 radical (unpaired) electrons. The normalized spacial score (nSPS) is 12.4. The number of rotatable bonds is 5. The van der Waals surface area contributed by atoms with Gasteiger partial charge in [-0.25, -0.2) is 14.4 Å². The van der Waals surface area contributed by atoms with Crippen molar-refractivity contribution in [1.82, 2.24) is 15.1 Å². The summed E-state index contributed by atoms with van der Waals surface area (Å²) in [7, 11) is 1.43. The molecule has 6 nitrogen and oxygen atoms in total. The average Bonchev–Trinajstić information content (AvgIpc) is 2.86. The van der Waals surface area contributed by atoms with Crippen LogP contribution in [-0.2, 0) is 6.42 Å². The van der Waals surface area contributed by atoms with Crippen LogP contribution in [0, 0.1) is 19.7 Å². The Balaban J connectivity index is 1.89. The van der Waals surface area contributed by atoms with Crippen molar-refractivity contribution in [2.75, 3.05) is 12.4 Å². The first-order chi connectivity index (χ1) is 11.5. The smallest absolute Gasteiger partial charge is 0.167 e. The number of methoxy groups -OCH3 is 1. The Morgan fingerprint density at radius 2 is 2.08 bits per heavy atom. The summed E-state index contributed by atoms with van der Waals surface area (Å²) in [6.07, 6.45) is 2.16. The van der Waals surface area contributed by atoms with E-state index in [2.05, 4.69) is 20.4 Å². The number of hydrogen-bond acceptors (Lipinski definition) is 6. The number of hydrogen-bond donors (Lipinski definition) is 1. The number of aryl methyl sites for hydroxylation is 2. The molecule has 1 unspecified atom stereocenters. The molecule has 7 heteroatoms. The number of benzene rings is 1. The summed E-state index contributed by atoms with van der Waals surface area (Å²) < 4.78 is 24.1. The van der Waals surface area contributed by atoms with Gasteiger partial charge in [-0.3, -0.25) is 0 Å². The Kier molecular flexibility index (Phi) is 4.33. The van der Waals surface area contributed by atoms with Crippen molar-refractivity contribution >= 4 is 16.7 Å². The highest BCUT2D eigenvalue weighted by atomic mass is 19.1. The van der Waals surface area contributed by atoms with Gasteiger partial charge in [0.1, 0.15) is 17.9 Å². The number of anilines is 1. The molecule has 0 bridgehead atoms. The molecule has 0 fully saturated rings. The number of halogens is 1. The van der Waals surface area contributed by atoms with Gasteiger partial charge in [0, 0.05) is 23.1 Å². The summed E-state index contributed by atoms with van der Waals surface area (Å²) in [5, 5.41) is 8.03. The van der Waals surface area contributed by atoms with Gasteiger partial charge in [-0.15, -0.1) is 0 Å². The van der Waals surface area contributed by atoms with Gasteiger partial charge in [0.2, 0.25) is 0 Å². The highest BCUT2D eigenvalue weighted by Gasteiger charge is 2.15. The molecule has 2 heterocycles. The Morgan fingerprint density at radius 3 is 2.75 bits per heavy atom. The zero-order chi connectivity index (χ0) is 17.3. The van der Waals surface area contributed by atoms with E-state index in [9.17, 15) is 4.39 Å². The monoisotopic (exact) mass is 330 g/mol. The highest BCUT2D eigenvalue weighted by Crippen LogP contribution is 2.28. The molecule has 24 heavy (non-hydrogen) atoms. The Bertz CT molecular complexity index is 859. The number of nitrogens with zero attached hydrogens (tertiary/aromatic N) is 3. The van der Waals surface area contributed by atoms with Gasteiger partial charge in [0.05, 0.1) is 18.3 Å². The van der Waals surface area contributed by atoms with E-state index in [1.807, 2.05) is 20.8 Å². The second-order valence-electron chi connectivity index (χ2n) is 5.78. The summed E-state index contributed by atoms with van der Waals surface area (Å²) in [5.74, 6) is 1.17. The predicted molar refractivity (Wildman–Crippen MR) is 88.8 cm³/mol. The standard InChI is InChI=1S/C17H19FN4O2/c1-9(5-12-10(2)22-24-11(12)3)21-17-13-6-16(23-4)14(18)7-15(13)19-8-20-17/h6-9H,5H2,1-4H3,(H,19,20,21). The molecule has 0 saturated carbocycles. The first-order valence-corrected chi connectivity index (χ1v) is 7.66. The molecule has 1 N–H and O–H groups in total. The Labute approximate surface area is 139 Å². The van der Waals surface area contributed by atoms with Crippen LogP contribution in [0.15, 0.2) is 23.0 Å². The third kappa shape index (κ3) is 3.02. The third-order valence-corrected chi connectivity index (χ3v) is 3.98. The minimum absolute atomic E-state index is 0.0796. The van der Waals surface area contributed by atoms with Crippen LogP contribution in [0.1, 0.15) is 23.9 Å². The van der Waals surface area contributed by atoms with Crippen molar-refractivity contribution < 1.29 is 13.7 Å². The van der Waals surface area contributed by atoms with Crippen LogP contribution in [0.5, 0.6) is 5.75 Å². The molecule has 3 rings (SSSR count). The zero-order valence-electron chi connectivity index (χ0n) is 14.1. The molecule has 1 atom stereocenters. The summed E-state index contributed by atoms with van der Waals surface area (Å²) in [4.78, 5) is 8.40. The van der Waals surface area contributed by atoms with Crippen molar-refractivity contribution in [2.45, 2.75) is 33.2 Å². The van der Waals surface area contributed by atoms with Crippen LogP contribution in [0.4, 0.5) is 10.2 Å². The van der Waals surface area contributed by atoms with Crippen LogP contribution >= 0.6 is 0 Å². The maximum Gasteiger partial charge on any atom is 0.167 e. The van der Waals surface area contributed by atoms with Crippen molar-refractivity contribution in [3.63, 3.8) is 0 Å². The van der Waals surface area contributed by atoms with E-state index in [-0.39, 0.29) is 11.8 Å². The van der Waals surface area contributed by atoms with Gasteiger partial charge in [-0.2, -0.15) is 0 Å². The van der Waals surface area contributed by atoms with Crippen LogP contribution in [0.25, 0.3) is 10.9 Å². The number of fused-ring (bicyclic) bond motifs is 1. The maximum atomic E-state index is 13.8. The molecular formula is C17H19FN4O2. The minimum Gasteiger partial charge on any atom is -0.494 e. The first-order valence-electron chi connectivity index (χ1n) is 7.66. The Morgan fingerprint density at radius 1 is 1.29 bits per heavy atom. The minimum atomic E-state index is -0.446. The van der Waals surface area contributed by atoms with Crippen molar-refractivity contribution in [3.8, 4) is 5.75 Å². The van der Waals surface area contributed by atoms with E-state index in [4.69, 9.17) is 9.26 Å². The van der Waals surface area contributed by atoms with Crippen LogP contribution in [0.3, 0.4) is 0 Å². The van der Waals surface area contributed by atoms with E-state index in [1.54, 1.807) is 6.07 Å². The summed E-state index contributed by atoms with van der Waals surface area (Å²) >= 11 is 0. The molecule has 126 valence electrons. The molecule has 0 aliphatic carbocycles. The second-order valence-corrected chi connectivity index (χ2v) is 5.78. The van der Waals surface area contributed by atoms with Crippen LogP contribution in [-0.4, -0.2) is 28.3 Å². The molecular weight excluding hydrogens is 311 g/mol. The van der Waals surface area contributed by atoms with Crippen LogP contribution in [0.2, 0.25) is 0 Å². The lowest BCUT2D eigenvalue weighted by molar-refractivity contribution is 0.387. The average molecular weight is 330 g/mol. The fraction of sp³-hybridized carbons (Fsp3) is 0.353. The second kappa shape index (κ2) is 6.43. The molecule has 0 aliphatic rings. The lowest BCUT2D eigenvalue weighted by Gasteiger charge is -2.16. The summed E-state index contributed by atoms with van der Waals surface area (Å²) in [5.41, 5.74) is 2.49. The van der Waals surface area contributed by atoms with Gasteiger partial charge >= 0.3 is 0 Å². The zero-order valence-corrected chi connectivity index (χ0v) is 14.1. The molecule has 0 spiro atoms. The lowest BCUT2D eigenvalue weighted by atomic mass is 10.1. The van der Waals surface area contributed by atoms with Gasteiger partial charge in [-0.05, 0) is 33.3 Å². The fourth-order valence-corrected chi connectivity index (χ4v) is 2.71. The van der Waals surface area contributed by atoms with E-state index in [0.29, 0.717) is 16.7 Å².